The lowest BCUT2D eigenvalue weighted by molar-refractivity contribution is -0.124. The fourth-order valence-electron chi connectivity index (χ4n) is 2.41. The number of nitrogens with two attached hydrogens (primary N) is 1. The lowest BCUT2D eigenvalue weighted by atomic mass is 9.77. The molecule has 0 bridgehead atoms. The molecule has 2 aliphatic rings. The zero-order valence-corrected chi connectivity index (χ0v) is 10.3. The highest BCUT2D eigenvalue weighted by molar-refractivity contribution is 6.36. The molecular formula is C12H12ClN3O2. The van der Waals surface area contributed by atoms with Crippen LogP contribution in [0.3, 0.4) is 0 Å². The number of anilines is 2. The van der Waals surface area contributed by atoms with Crippen LogP contribution in [-0.2, 0) is 4.79 Å². The molecule has 1 aliphatic heterocycles. The van der Waals surface area contributed by atoms with E-state index >= 15 is 0 Å². The van der Waals surface area contributed by atoms with Gasteiger partial charge in [-0.25, -0.2) is 9.69 Å². The van der Waals surface area contributed by atoms with Crippen molar-refractivity contribution in [2.45, 2.75) is 24.8 Å². The molecule has 1 spiro atoms. The van der Waals surface area contributed by atoms with Crippen LogP contribution in [0.1, 0.15) is 19.3 Å². The average Bonchev–Trinajstić information content (AvgIpc) is 2.52. The van der Waals surface area contributed by atoms with Crippen molar-refractivity contribution in [3.8, 4) is 0 Å². The van der Waals surface area contributed by atoms with Crippen LogP contribution in [0.4, 0.5) is 16.2 Å². The first-order valence-corrected chi connectivity index (χ1v) is 6.13. The molecule has 1 aliphatic carbocycles. The second-order valence-corrected chi connectivity index (χ2v) is 5.12. The first-order valence-electron chi connectivity index (χ1n) is 5.75. The Balaban J connectivity index is 2.01. The summed E-state index contributed by atoms with van der Waals surface area (Å²) in [6, 6.07) is 4.33. The molecule has 0 atom stereocenters. The maximum atomic E-state index is 12.3. The number of benzene rings is 1. The third-order valence-corrected chi connectivity index (χ3v) is 3.88. The molecule has 2 fully saturated rings. The molecule has 5 nitrogen and oxygen atoms in total. The summed E-state index contributed by atoms with van der Waals surface area (Å²) < 4.78 is 0. The normalized spacial score (nSPS) is 21.1. The summed E-state index contributed by atoms with van der Waals surface area (Å²) in [4.78, 5) is 25.4. The molecular weight excluding hydrogens is 254 g/mol. The molecule has 1 saturated carbocycles. The summed E-state index contributed by atoms with van der Waals surface area (Å²) in [7, 11) is 0. The number of imide groups is 1. The fraction of sp³-hybridized carbons (Fsp3) is 0.333. The monoisotopic (exact) mass is 265 g/mol. The zero-order chi connectivity index (χ0) is 12.9. The summed E-state index contributed by atoms with van der Waals surface area (Å²) in [5.74, 6) is -0.217. The molecule has 0 radical (unpaired) electrons. The van der Waals surface area contributed by atoms with Gasteiger partial charge in [-0.05, 0) is 37.5 Å². The summed E-state index contributed by atoms with van der Waals surface area (Å²) in [5, 5.41) is 3.06. The first-order chi connectivity index (χ1) is 8.53. The van der Waals surface area contributed by atoms with E-state index in [0.29, 0.717) is 29.2 Å². The molecule has 3 N–H and O–H groups in total. The van der Waals surface area contributed by atoms with Crippen LogP contribution in [0.2, 0.25) is 5.02 Å². The fourth-order valence-corrected chi connectivity index (χ4v) is 2.69. The molecule has 0 unspecified atom stereocenters. The SMILES string of the molecule is Nc1ccc(N2C(=O)NC3(CCC3)C2=O)c(Cl)c1. The second kappa shape index (κ2) is 3.62. The Labute approximate surface area is 109 Å². The Morgan fingerprint density at radius 3 is 2.56 bits per heavy atom. The third kappa shape index (κ3) is 1.40. The van der Waals surface area contributed by atoms with Crippen molar-refractivity contribution in [2.75, 3.05) is 10.6 Å². The van der Waals surface area contributed by atoms with Crippen LogP contribution in [-0.4, -0.2) is 17.5 Å². The molecule has 18 heavy (non-hydrogen) atoms. The van der Waals surface area contributed by atoms with Gasteiger partial charge in [0.15, 0.2) is 0 Å². The first kappa shape index (κ1) is 11.3. The van der Waals surface area contributed by atoms with Crippen molar-refractivity contribution in [3.63, 3.8) is 0 Å². The molecule has 3 amide bonds. The van der Waals surface area contributed by atoms with E-state index in [1.54, 1.807) is 12.1 Å². The van der Waals surface area contributed by atoms with Crippen molar-refractivity contribution in [2.24, 2.45) is 0 Å². The molecule has 1 saturated heterocycles. The molecule has 1 heterocycles. The number of rotatable bonds is 1. The minimum atomic E-state index is -0.693. The van der Waals surface area contributed by atoms with E-state index in [1.807, 2.05) is 0 Å². The number of nitrogens with one attached hydrogen (secondary N) is 1. The number of nitrogens with zero attached hydrogens (tertiary/aromatic N) is 1. The number of urea groups is 1. The molecule has 6 heteroatoms. The quantitative estimate of drug-likeness (QED) is 0.601. The van der Waals surface area contributed by atoms with Gasteiger partial charge in [-0.15, -0.1) is 0 Å². The van der Waals surface area contributed by atoms with Crippen LogP contribution in [0.5, 0.6) is 0 Å². The summed E-state index contributed by atoms with van der Waals surface area (Å²) in [6.45, 7) is 0. The average molecular weight is 266 g/mol. The maximum Gasteiger partial charge on any atom is 0.329 e. The smallest absolute Gasteiger partial charge is 0.329 e. The van der Waals surface area contributed by atoms with Gasteiger partial charge in [0.2, 0.25) is 0 Å². The van der Waals surface area contributed by atoms with E-state index in [0.717, 1.165) is 11.3 Å². The van der Waals surface area contributed by atoms with Crippen molar-refractivity contribution in [1.82, 2.24) is 5.32 Å². The number of nitrogen functional groups attached to an aromatic ring is 1. The van der Waals surface area contributed by atoms with Crippen molar-refractivity contribution in [1.29, 1.82) is 0 Å². The standard InChI is InChI=1S/C12H12ClN3O2/c13-8-6-7(14)2-3-9(8)16-10(17)12(4-1-5-12)15-11(16)18/h2-3,6H,1,4-5,14H2,(H,15,18). The third-order valence-electron chi connectivity index (χ3n) is 3.58. The number of carbonyl (C=O) groups is 2. The van der Waals surface area contributed by atoms with Crippen LogP contribution in [0.25, 0.3) is 0 Å². The van der Waals surface area contributed by atoms with Gasteiger partial charge in [-0.2, -0.15) is 0 Å². The van der Waals surface area contributed by atoms with Crippen LogP contribution < -0.4 is 16.0 Å². The highest BCUT2D eigenvalue weighted by Gasteiger charge is 2.55. The highest BCUT2D eigenvalue weighted by Crippen LogP contribution is 2.40. The summed E-state index contributed by atoms with van der Waals surface area (Å²) >= 11 is 6.04. The van der Waals surface area contributed by atoms with Gasteiger partial charge < -0.3 is 11.1 Å². The topological polar surface area (TPSA) is 75.4 Å². The summed E-state index contributed by atoms with van der Waals surface area (Å²) in [5.41, 5.74) is 5.79. The highest BCUT2D eigenvalue weighted by atomic mass is 35.5. The van der Waals surface area contributed by atoms with Gasteiger partial charge in [0.05, 0.1) is 10.7 Å². The Morgan fingerprint density at radius 2 is 2.06 bits per heavy atom. The van der Waals surface area contributed by atoms with Crippen molar-refractivity contribution >= 4 is 34.9 Å². The van der Waals surface area contributed by atoms with E-state index in [1.165, 1.54) is 6.07 Å². The second-order valence-electron chi connectivity index (χ2n) is 4.72. The number of hydrogen-bond acceptors (Lipinski definition) is 3. The largest absolute Gasteiger partial charge is 0.399 e. The van der Waals surface area contributed by atoms with Gasteiger partial charge >= 0.3 is 6.03 Å². The molecule has 0 aromatic heterocycles. The Morgan fingerprint density at radius 1 is 1.33 bits per heavy atom. The number of carbonyl (C=O) groups excluding carboxylic acids is 2. The molecule has 1 aromatic rings. The number of amides is 3. The lowest BCUT2D eigenvalue weighted by Gasteiger charge is -2.34. The van der Waals surface area contributed by atoms with Crippen LogP contribution in [0, 0.1) is 0 Å². The minimum absolute atomic E-state index is 0.217. The van der Waals surface area contributed by atoms with Gasteiger partial charge in [-0.1, -0.05) is 11.6 Å². The summed E-state index contributed by atoms with van der Waals surface area (Å²) in [6.07, 6.45) is 2.34. The molecule has 3 rings (SSSR count). The van der Waals surface area contributed by atoms with E-state index in [4.69, 9.17) is 17.3 Å². The number of hydrogen-bond donors (Lipinski definition) is 2. The predicted octanol–water partition coefficient (Wildman–Crippen LogP) is 1.90. The lowest BCUT2D eigenvalue weighted by Crippen LogP contribution is -2.52. The van der Waals surface area contributed by atoms with Gasteiger partial charge in [0, 0.05) is 5.69 Å². The molecule has 1 aromatic carbocycles. The maximum absolute atomic E-state index is 12.3. The van der Waals surface area contributed by atoms with Gasteiger partial charge in [0.25, 0.3) is 5.91 Å². The Kier molecular flexibility index (Phi) is 2.28. The zero-order valence-electron chi connectivity index (χ0n) is 9.57. The van der Waals surface area contributed by atoms with Crippen LogP contribution >= 0.6 is 11.6 Å². The predicted molar refractivity (Wildman–Crippen MR) is 68.5 cm³/mol. The Bertz CT molecular complexity index is 554. The van der Waals surface area contributed by atoms with E-state index in [9.17, 15) is 9.59 Å². The van der Waals surface area contributed by atoms with Gasteiger partial charge in [-0.3, -0.25) is 4.79 Å². The number of halogens is 1. The van der Waals surface area contributed by atoms with Crippen molar-refractivity contribution < 1.29 is 9.59 Å². The van der Waals surface area contributed by atoms with Gasteiger partial charge in [0.1, 0.15) is 5.54 Å². The minimum Gasteiger partial charge on any atom is -0.399 e. The van der Waals surface area contributed by atoms with E-state index in [-0.39, 0.29) is 5.91 Å². The Hall–Kier alpha value is -1.75. The van der Waals surface area contributed by atoms with E-state index < -0.39 is 11.6 Å². The van der Waals surface area contributed by atoms with Crippen LogP contribution in [0.15, 0.2) is 18.2 Å². The van der Waals surface area contributed by atoms with Crippen molar-refractivity contribution in [3.05, 3.63) is 23.2 Å². The van der Waals surface area contributed by atoms with E-state index in [2.05, 4.69) is 5.32 Å². The molecule has 94 valence electrons.